The molecule has 1 aliphatic rings. The second-order valence-corrected chi connectivity index (χ2v) is 5.91. The Bertz CT molecular complexity index is 146. The Balaban J connectivity index is 2.21. The number of hydrogen-bond acceptors (Lipinski definition) is 1. The molecule has 1 rings (SSSR count). The molecule has 1 heteroatoms. The average Bonchev–Trinajstić information content (AvgIpc) is 2.00. The van der Waals surface area contributed by atoms with Crippen molar-refractivity contribution in [2.45, 2.75) is 59.4 Å². The van der Waals surface area contributed by atoms with Crippen molar-refractivity contribution in [1.29, 1.82) is 0 Å². The zero-order valence-corrected chi connectivity index (χ0v) is 9.69. The summed E-state index contributed by atoms with van der Waals surface area (Å²) in [6.45, 7) is 10.4. The Kier molecular flexibility index (Phi) is 3.78. The molecule has 2 atom stereocenters. The summed E-state index contributed by atoms with van der Waals surface area (Å²) in [4.78, 5) is 0. The molecule has 2 unspecified atom stereocenters. The molecule has 1 fully saturated rings. The highest BCUT2D eigenvalue weighted by molar-refractivity contribution is 4.77. The van der Waals surface area contributed by atoms with Crippen LogP contribution >= 0.6 is 0 Å². The minimum absolute atomic E-state index is 0.431. The smallest absolute Gasteiger partial charge is 0.00698 e. The maximum absolute atomic E-state index is 3.69. The minimum atomic E-state index is 0.431. The van der Waals surface area contributed by atoms with Gasteiger partial charge in [0, 0.05) is 12.6 Å². The van der Waals surface area contributed by atoms with Crippen LogP contribution in [0.25, 0.3) is 0 Å². The lowest BCUT2D eigenvalue weighted by Crippen LogP contribution is -2.38. The predicted molar refractivity (Wildman–Crippen MR) is 58.9 cm³/mol. The van der Waals surface area contributed by atoms with E-state index >= 15 is 0 Å². The van der Waals surface area contributed by atoms with Gasteiger partial charge in [-0.15, -0.1) is 0 Å². The molecule has 0 bridgehead atoms. The van der Waals surface area contributed by atoms with Gasteiger partial charge in [0.25, 0.3) is 0 Å². The number of nitrogens with one attached hydrogen (secondary N) is 1. The van der Waals surface area contributed by atoms with E-state index in [1.165, 1.54) is 25.7 Å². The third kappa shape index (κ3) is 4.66. The second kappa shape index (κ2) is 4.45. The first-order chi connectivity index (χ1) is 5.97. The second-order valence-electron chi connectivity index (χ2n) is 5.91. The first kappa shape index (κ1) is 11.0. The van der Waals surface area contributed by atoms with Crippen molar-refractivity contribution in [2.75, 3.05) is 6.54 Å². The normalized spacial score (nSPS) is 30.5. The Morgan fingerprint density at radius 1 is 1.23 bits per heavy atom. The molecule has 0 aromatic rings. The molecule has 0 aliphatic heterocycles. The fourth-order valence-corrected chi connectivity index (χ4v) is 2.07. The van der Waals surface area contributed by atoms with Crippen molar-refractivity contribution in [3.05, 3.63) is 0 Å². The van der Waals surface area contributed by atoms with Crippen molar-refractivity contribution in [1.82, 2.24) is 5.32 Å². The molecule has 1 N–H and O–H groups in total. The van der Waals surface area contributed by atoms with Gasteiger partial charge in [0.15, 0.2) is 0 Å². The Morgan fingerprint density at radius 3 is 2.46 bits per heavy atom. The summed E-state index contributed by atoms with van der Waals surface area (Å²) < 4.78 is 0. The van der Waals surface area contributed by atoms with E-state index in [4.69, 9.17) is 0 Å². The standard InChI is InChI=1S/C12H25N/c1-10-6-5-7-11(8-10)13-9-12(2,3)4/h10-11,13H,5-9H2,1-4H3. The van der Waals surface area contributed by atoms with Crippen LogP contribution in [0.4, 0.5) is 0 Å². The van der Waals surface area contributed by atoms with Crippen LogP contribution in [0.3, 0.4) is 0 Å². The summed E-state index contributed by atoms with van der Waals surface area (Å²) in [5, 5.41) is 3.69. The molecule has 1 aliphatic carbocycles. The van der Waals surface area contributed by atoms with Gasteiger partial charge in [-0.05, 0) is 24.2 Å². The van der Waals surface area contributed by atoms with Crippen LogP contribution in [0.1, 0.15) is 53.4 Å². The Hall–Kier alpha value is -0.0400. The topological polar surface area (TPSA) is 12.0 Å². The molecule has 78 valence electrons. The van der Waals surface area contributed by atoms with Crippen molar-refractivity contribution in [3.63, 3.8) is 0 Å². The number of hydrogen-bond donors (Lipinski definition) is 1. The molecule has 1 nitrogen and oxygen atoms in total. The van der Waals surface area contributed by atoms with E-state index < -0.39 is 0 Å². The molecule has 0 aromatic carbocycles. The lowest BCUT2D eigenvalue weighted by atomic mass is 9.86. The third-order valence-electron chi connectivity index (χ3n) is 2.86. The lowest BCUT2D eigenvalue weighted by molar-refractivity contribution is 0.268. The van der Waals surface area contributed by atoms with E-state index in [1.807, 2.05) is 0 Å². The highest BCUT2D eigenvalue weighted by Gasteiger charge is 2.20. The van der Waals surface area contributed by atoms with Crippen LogP contribution in [-0.4, -0.2) is 12.6 Å². The highest BCUT2D eigenvalue weighted by Crippen LogP contribution is 2.24. The largest absolute Gasteiger partial charge is 0.313 e. The maximum atomic E-state index is 3.69. The fraction of sp³-hybridized carbons (Fsp3) is 1.00. The summed E-state index contributed by atoms with van der Waals surface area (Å²) in [5.74, 6) is 0.936. The summed E-state index contributed by atoms with van der Waals surface area (Å²) in [7, 11) is 0. The predicted octanol–water partition coefficient (Wildman–Crippen LogP) is 3.20. The maximum Gasteiger partial charge on any atom is 0.00698 e. The van der Waals surface area contributed by atoms with E-state index in [9.17, 15) is 0 Å². The molecule has 0 radical (unpaired) electrons. The van der Waals surface area contributed by atoms with Crippen LogP contribution in [0.2, 0.25) is 0 Å². The Morgan fingerprint density at radius 2 is 1.92 bits per heavy atom. The van der Waals surface area contributed by atoms with Gasteiger partial charge in [-0.3, -0.25) is 0 Å². The molecule has 0 heterocycles. The lowest BCUT2D eigenvalue weighted by Gasteiger charge is -2.30. The van der Waals surface area contributed by atoms with Crippen molar-refractivity contribution in [2.24, 2.45) is 11.3 Å². The Labute approximate surface area is 83.3 Å². The first-order valence-corrected chi connectivity index (χ1v) is 5.71. The third-order valence-corrected chi connectivity index (χ3v) is 2.86. The monoisotopic (exact) mass is 183 g/mol. The molecular weight excluding hydrogens is 158 g/mol. The van der Waals surface area contributed by atoms with Crippen LogP contribution in [-0.2, 0) is 0 Å². The van der Waals surface area contributed by atoms with E-state index in [0.29, 0.717) is 5.41 Å². The van der Waals surface area contributed by atoms with E-state index in [0.717, 1.165) is 18.5 Å². The molecule has 0 saturated heterocycles. The van der Waals surface area contributed by atoms with Crippen LogP contribution < -0.4 is 5.32 Å². The van der Waals surface area contributed by atoms with Gasteiger partial charge in [-0.2, -0.15) is 0 Å². The molecule has 0 aromatic heterocycles. The van der Waals surface area contributed by atoms with Crippen molar-refractivity contribution >= 4 is 0 Å². The van der Waals surface area contributed by atoms with E-state index in [1.54, 1.807) is 0 Å². The summed E-state index contributed by atoms with van der Waals surface area (Å²) in [6, 6.07) is 0.794. The van der Waals surface area contributed by atoms with Gasteiger partial charge in [-0.25, -0.2) is 0 Å². The summed E-state index contributed by atoms with van der Waals surface area (Å²) in [6.07, 6.45) is 5.63. The highest BCUT2D eigenvalue weighted by atomic mass is 14.9. The molecule has 0 spiro atoms. The van der Waals surface area contributed by atoms with E-state index in [2.05, 4.69) is 33.0 Å². The van der Waals surface area contributed by atoms with Crippen molar-refractivity contribution in [3.8, 4) is 0 Å². The summed E-state index contributed by atoms with van der Waals surface area (Å²) >= 11 is 0. The molecule has 0 amide bonds. The molecule has 13 heavy (non-hydrogen) atoms. The van der Waals surface area contributed by atoms with Gasteiger partial charge in [0.1, 0.15) is 0 Å². The van der Waals surface area contributed by atoms with Gasteiger partial charge >= 0.3 is 0 Å². The SMILES string of the molecule is CC1CCCC(NCC(C)(C)C)C1. The van der Waals surface area contributed by atoms with E-state index in [-0.39, 0.29) is 0 Å². The average molecular weight is 183 g/mol. The zero-order valence-electron chi connectivity index (χ0n) is 9.69. The molecule has 1 saturated carbocycles. The van der Waals surface area contributed by atoms with Gasteiger partial charge in [-0.1, -0.05) is 40.5 Å². The first-order valence-electron chi connectivity index (χ1n) is 5.71. The quantitative estimate of drug-likeness (QED) is 0.693. The van der Waals surface area contributed by atoms with Gasteiger partial charge in [0.2, 0.25) is 0 Å². The van der Waals surface area contributed by atoms with Crippen LogP contribution in [0, 0.1) is 11.3 Å². The zero-order chi connectivity index (χ0) is 9.90. The van der Waals surface area contributed by atoms with Gasteiger partial charge in [0.05, 0.1) is 0 Å². The number of rotatable bonds is 2. The fourth-order valence-electron chi connectivity index (χ4n) is 2.07. The summed E-state index contributed by atoms with van der Waals surface area (Å²) in [5.41, 5.74) is 0.431. The van der Waals surface area contributed by atoms with Gasteiger partial charge < -0.3 is 5.32 Å². The van der Waals surface area contributed by atoms with Crippen LogP contribution in [0.5, 0.6) is 0 Å². The molecular formula is C12H25N. The van der Waals surface area contributed by atoms with Crippen LogP contribution in [0.15, 0.2) is 0 Å². The minimum Gasteiger partial charge on any atom is -0.313 e. The van der Waals surface area contributed by atoms with Crippen molar-refractivity contribution < 1.29 is 0 Å².